The summed E-state index contributed by atoms with van der Waals surface area (Å²) in [7, 11) is 0. The summed E-state index contributed by atoms with van der Waals surface area (Å²) in [6.45, 7) is 1.55. The van der Waals surface area contributed by atoms with Crippen LogP contribution in [0.1, 0.15) is 18.5 Å². The van der Waals surface area contributed by atoms with Crippen LogP contribution >= 0.6 is 11.6 Å². The van der Waals surface area contributed by atoms with Crippen molar-refractivity contribution in [3.05, 3.63) is 64.9 Å². The first-order valence-corrected chi connectivity index (χ1v) is 6.85. The van der Waals surface area contributed by atoms with Crippen molar-refractivity contribution >= 4 is 23.3 Å². The third kappa shape index (κ3) is 3.73. The first-order chi connectivity index (χ1) is 9.99. The van der Waals surface area contributed by atoms with Crippen LogP contribution in [0.25, 0.3) is 0 Å². The van der Waals surface area contributed by atoms with Gasteiger partial charge in [-0.1, -0.05) is 29.8 Å². The quantitative estimate of drug-likeness (QED) is 0.903. The highest BCUT2D eigenvalue weighted by molar-refractivity contribution is 6.30. The fraction of sp³-hybridized carbons (Fsp3) is 0.188. The summed E-state index contributed by atoms with van der Waals surface area (Å²) in [6.07, 6.45) is 0. The number of hydrogen-bond donors (Lipinski definition) is 1. The van der Waals surface area contributed by atoms with E-state index in [-0.39, 0.29) is 12.4 Å². The van der Waals surface area contributed by atoms with Gasteiger partial charge in [0.05, 0.1) is 6.04 Å². The van der Waals surface area contributed by atoms with E-state index in [4.69, 9.17) is 16.7 Å². The van der Waals surface area contributed by atoms with Gasteiger partial charge in [0.25, 0.3) is 0 Å². The van der Waals surface area contributed by atoms with Crippen molar-refractivity contribution in [2.45, 2.75) is 13.0 Å². The van der Waals surface area contributed by atoms with Crippen LogP contribution in [-0.4, -0.2) is 17.6 Å². The molecule has 0 amide bonds. The molecule has 0 fully saturated rings. The van der Waals surface area contributed by atoms with E-state index in [9.17, 15) is 9.18 Å². The lowest BCUT2D eigenvalue weighted by Crippen LogP contribution is -2.32. The van der Waals surface area contributed by atoms with Crippen LogP contribution in [0, 0.1) is 5.82 Å². The molecule has 0 aromatic heterocycles. The van der Waals surface area contributed by atoms with E-state index >= 15 is 0 Å². The topological polar surface area (TPSA) is 40.5 Å². The molecule has 0 heterocycles. The molecule has 1 atom stereocenters. The number of halogens is 2. The van der Waals surface area contributed by atoms with E-state index in [1.807, 2.05) is 0 Å². The lowest BCUT2D eigenvalue weighted by atomic mass is 10.1. The second kappa shape index (κ2) is 6.59. The minimum Gasteiger partial charge on any atom is -0.480 e. The Morgan fingerprint density at radius 2 is 1.86 bits per heavy atom. The molecular weight excluding hydrogens is 293 g/mol. The molecule has 0 bridgehead atoms. The number of carbonyl (C=O) groups is 1. The molecule has 21 heavy (non-hydrogen) atoms. The van der Waals surface area contributed by atoms with Crippen molar-refractivity contribution in [3.63, 3.8) is 0 Å². The first-order valence-electron chi connectivity index (χ1n) is 6.47. The minimum absolute atomic E-state index is 0.225. The van der Waals surface area contributed by atoms with E-state index < -0.39 is 12.0 Å². The average molecular weight is 308 g/mol. The normalized spacial score (nSPS) is 12.0. The summed E-state index contributed by atoms with van der Waals surface area (Å²) in [6, 6.07) is 12.8. The van der Waals surface area contributed by atoms with Gasteiger partial charge in [0.15, 0.2) is 0 Å². The fourth-order valence-electron chi connectivity index (χ4n) is 2.21. The Balaban J connectivity index is 2.38. The van der Waals surface area contributed by atoms with Crippen LogP contribution in [0.4, 0.5) is 10.1 Å². The highest BCUT2D eigenvalue weighted by Crippen LogP contribution is 2.29. The highest BCUT2D eigenvalue weighted by atomic mass is 35.5. The third-order valence-electron chi connectivity index (χ3n) is 3.29. The molecule has 0 aliphatic carbocycles. The number of carboxylic acid groups (broad SMARTS) is 1. The zero-order valence-corrected chi connectivity index (χ0v) is 12.2. The molecule has 0 saturated carbocycles. The van der Waals surface area contributed by atoms with Gasteiger partial charge in [-0.15, -0.1) is 0 Å². The number of benzene rings is 2. The van der Waals surface area contributed by atoms with Gasteiger partial charge in [-0.05, 0) is 37.3 Å². The molecule has 5 heteroatoms. The van der Waals surface area contributed by atoms with E-state index in [2.05, 4.69) is 0 Å². The molecule has 0 aliphatic rings. The van der Waals surface area contributed by atoms with Gasteiger partial charge in [-0.25, -0.2) is 4.39 Å². The highest BCUT2D eigenvalue weighted by Gasteiger charge is 2.21. The van der Waals surface area contributed by atoms with Crippen molar-refractivity contribution in [2.75, 3.05) is 11.4 Å². The molecule has 3 nitrogen and oxygen atoms in total. The smallest absolute Gasteiger partial charge is 0.323 e. The minimum atomic E-state index is -0.979. The molecule has 1 unspecified atom stereocenters. The van der Waals surface area contributed by atoms with Crippen molar-refractivity contribution in [2.24, 2.45) is 0 Å². The van der Waals surface area contributed by atoms with Crippen molar-refractivity contribution < 1.29 is 14.3 Å². The van der Waals surface area contributed by atoms with Gasteiger partial charge in [0, 0.05) is 16.3 Å². The molecule has 2 aromatic carbocycles. The zero-order valence-electron chi connectivity index (χ0n) is 11.5. The Kier molecular flexibility index (Phi) is 4.81. The van der Waals surface area contributed by atoms with Crippen LogP contribution in [0.3, 0.4) is 0 Å². The SMILES string of the molecule is CC(c1ccccc1F)N(CC(=O)O)c1ccc(Cl)cc1. The van der Waals surface area contributed by atoms with Crippen molar-refractivity contribution in [1.82, 2.24) is 0 Å². The Hall–Kier alpha value is -2.07. The van der Waals surface area contributed by atoms with Crippen LogP contribution in [0.15, 0.2) is 48.5 Å². The fourth-order valence-corrected chi connectivity index (χ4v) is 2.34. The van der Waals surface area contributed by atoms with E-state index in [0.717, 1.165) is 0 Å². The Morgan fingerprint density at radius 1 is 1.24 bits per heavy atom. The third-order valence-corrected chi connectivity index (χ3v) is 3.54. The standard InChI is InChI=1S/C16H15ClFNO2/c1-11(14-4-2-3-5-15(14)18)19(10-16(20)21)13-8-6-12(17)7-9-13/h2-9,11H,10H2,1H3,(H,20,21). The summed E-state index contributed by atoms with van der Waals surface area (Å²) in [5.41, 5.74) is 1.13. The molecule has 0 radical (unpaired) electrons. The van der Waals surface area contributed by atoms with Crippen LogP contribution in [0.5, 0.6) is 0 Å². The van der Waals surface area contributed by atoms with Gasteiger partial charge in [0.2, 0.25) is 0 Å². The molecule has 0 saturated heterocycles. The molecule has 2 rings (SSSR count). The number of rotatable bonds is 5. The number of anilines is 1. The zero-order chi connectivity index (χ0) is 15.4. The van der Waals surface area contributed by atoms with Gasteiger partial charge in [-0.3, -0.25) is 4.79 Å². The van der Waals surface area contributed by atoms with Crippen LogP contribution in [0.2, 0.25) is 5.02 Å². The van der Waals surface area contributed by atoms with E-state index in [1.54, 1.807) is 54.3 Å². The van der Waals surface area contributed by atoms with E-state index in [0.29, 0.717) is 16.3 Å². The van der Waals surface area contributed by atoms with Crippen LogP contribution < -0.4 is 4.90 Å². The Labute approximate surface area is 127 Å². The maximum Gasteiger partial charge on any atom is 0.323 e. The van der Waals surface area contributed by atoms with Crippen LogP contribution in [-0.2, 0) is 4.79 Å². The predicted octanol–water partition coefficient (Wildman–Crippen LogP) is 4.13. The number of aliphatic carboxylic acids is 1. The number of hydrogen-bond acceptors (Lipinski definition) is 2. The second-order valence-corrected chi connectivity index (χ2v) is 5.13. The molecule has 110 valence electrons. The largest absolute Gasteiger partial charge is 0.480 e. The van der Waals surface area contributed by atoms with Gasteiger partial charge in [0.1, 0.15) is 12.4 Å². The van der Waals surface area contributed by atoms with E-state index in [1.165, 1.54) is 6.07 Å². The maximum atomic E-state index is 13.9. The molecule has 1 N–H and O–H groups in total. The molecule has 0 spiro atoms. The summed E-state index contributed by atoms with van der Waals surface area (Å²) < 4.78 is 13.9. The summed E-state index contributed by atoms with van der Waals surface area (Å²) >= 11 is 5.85. The number of carboxylic acids is 1. The van der Waals surface area contributed by atoms with Crippen molar-refractivity contribution in [3.8, 4) is 0 Å². The lowest BCUT2D eigenvalue weighted by molar-refractivity contribution is -0.135. The molecule has 2 aromatic rings. The summed E-state index contributed by atoms with van der Waals surface area (Å²) in [4.78, 5) is 12.7. The Bertz CT molecular complexity index is 630. The van der Waals surface area contributed by atoms with Gasteiger partial charge < -0.3 is 10.0 Å². The van der Waals surface area contributed by atoms with Gasteiger partial charge >= 0.3 is 5.97 Å². The summed E-state index contributed by atoms with van der Waals surface area (Å²) in [5.74, 6) is -1.33. The first kappa shape index (κ1) is 15.3. The molecule has 0 aliphatic heterocycles. The monoisotopic (exact) mass is 307 g/mol. The maximum absolute atomic E-state index is 13.9. The second-order valence-electron chi connectivity index (χ2n) is 4.70. The van der Waals surface area contributed by atoms with Crippen molar-refractivity contribution in [1.29, 1.82) is 0 Å². The lowest BCUT2D eigenvalue weighted by Gasteiger charge is -2.30. The predicted molar refractivity (Wildman–Crippen MR) is 81.2 cm³/mol. The molecular formula is C16H15ClFNO2. The average Bonchev–Trinajstić information content (AvgIpc) is 2.45. The van der Waals surface area contributed by atoms with Gasteiger partial charge in [-0.2, -0.15) is 0 Å². The number of nitrogens with zero attached hydrogens (tertiary/aromatic N) is 1. The Morgan fingerprint density at radius 3 is 2.43 bits per heavy atom. The summed E-state index contributed by atoms with van der Waals surface area (Å²) in [5, 5.41) is 9.67.